The van der Waals surface area contributed by atoms with Gasteiger partial charge in [0.2, 0.25) is 0 Å². The molecule has 2 rings (SSSR count). The van der Waals surface area contributed by atoms with Crippen molar-refractivity contribution < 1.29 is 13.0 Å². The minimum absolute atomic E-state index is 0.483. The Labute approximate surface area is 93.0 Å². The number of fused-ring (bicyclic) bond motifs is 1. The van der Waals surface area contributed by atoms with Crippen molar-refractivity contribution in [1.82, 2.24) is 4.98 Å². The monoisotopic (exact) mass is 235 g/mol. The first kappa shape index (κ1) is 10.8. The van der Waals surface area contributed by atoms with Crippen LogP contribution >= 0.6 is 0 Å². The van der Waals surface area contributed by atoms with Gasteiger partial charge in [-0.05, 0) is 18.2 Å². The van der Waals surface area contributed by atoms with Crippen molar-refractivity contribution >= 4 is 27.1 Å². The van der Waals surface area contributed by atoms with Crippen LogP contribution in [0.15, 0.2) is 41.8 Å². The number of pyridine rings is 1. The quantitative estimate of drug-likeness (QED) is 0.809. The van der Waals surface area contributed by atoms with Crippen molar-refractivity contribution in [2.75, 3.05) is 0 Å². The third-order valence-corrected chi connectivity index (χ3v) is 2.51. The molecule has 1 aromatic heterocycles. The SMILES string of the molecule is O=S(=O)(O)/C=C/c1ccc2ccccc2n1. The van der Waals surface area contributed by atoms with E-state index in [0.717, 1.165) is 10.9 Å². The number of para-hydroxylation sites is 1. The first-order valence-corrected chi connectivity index (χ1v) is 6.06. The second-order valence-corrected chi connectivity index (χ2v) is 4.55. The number of rotatable bonds is 2. The first-order chi connectivity index (χ1) is 7.54. The molecule has 0 atom stereocenters. The van der Waals surface area contributed by atoms with Gasteiger partial charge in [0, 0.05) is 5.39 Å². The van der Waals surface area contributed by atoms with E-state index < -0.39 is 10.1 Å². The average Bonchev–Trinajstić information content (AvgIpc) is 2.25. The Hall–Kier alpha value is -1.72. The molecular formula is C11H9NO3S. The van der Waals surface area contributed by atoms with E-state index in [2.05, 4.69) is 4.98 Å². The highest BCUT2D eigenvalue weighted by molar-refractivity contribution is 7.88. The van der Waals surface area contributed by atoms with E-state index >= 15 is 0 Å². The second-order valence-electron chi connectivity index (χ2n) is 3.25. The number of aromatic nitrogens is 1. The summed E-state index contributed by atoms with van der Waals surface area (Å²) >= 11 is 0. The fraction of sp³-hybridized carbons (Fsp3) is 0. The van der Waals surface area contributed by atoms with Gasteiger partial charge in [-0.2, -0.15) is 8.42 Å². The molecule has 82 valence electrons. The first-order valence-electron chi connectivity index (χ1n) is 4.56. The van der Waals surface area contributed by atoms with Crippen molar-refractivity contribution in [3.05, 3.63) is 47.5 Å². The fourth-order valence-corrected chi connectivity index (χ4v) is 1.64. The van der Waals surface area contributed by atoms with Crippen LogP contribution in [-0.2, 0) is 10.1 Å². The topological polar surface area (TPSA) is 67.3 Å². The minimum atomic E-state index is -4.10. The maximum Gasteiger partial charge on any atom is 0.287 e. The molecule has 16 heavy (non-hydrogen) atoms. The van der Waals surface area contributed by atoms with Crippen LogP contribution in [0.2, 0.25) is 0 Å². The Balaban J connectivity index is 2.44. The number of hydrogen-bond donors (Lipinski definition) is 1. The summed E-state index contributed by atoms with van der Waals surface area (Å²) in [5, 5.41) is 1.69. The van der Waals surface area contributed by atoms with E-state index in [1.54, 1.807) is 6.07 Å². The summed E-state index contributed by atoms with van der Waals surface area (Å²) in [5.74, 6) is 0. The van der Waals surface area contributed by atoms with Crippen LogP contribution in [0.1, 0.15) is 5.69 Å². The van der Waals surface area contributed by atoms with Crippen LogP contribution < -0.4 is 0 Å². The molecule has 4 nitrogen and oxygen atoms in total. The second kappa shape index (κ2) is 4.03. The van der Waals surface area contributed by atoms with Gasteiger partial charge in [0.15, 0.2) is 0 Å². The van der Waals surface area contributed by atoms with Gasteiger partial charge in [-0.1, -0.05) is 24.3 Å². The molecule has 0 unspecified atom stereocenters. The Morgan fingerprint density at radius 2 is 1.88 bits per heavy atom. The summed E-state index contributed by atoms with van der Waals surface area (Å²) in [6, 6.07) is 11.0. The van der Waals surface area contributed by atoms with E-state index in [9.17, 15) is 8.42 Å². The molecule has 0 amide bonds. The highest BCUT2D eigenvalue weighted by atomic mass is 32.2. The van der Waals surface area contributed by atoms with Gasteiger partial charge in [0.25, 0.3) is 10.1 Å². The molecule has 5 heteroatoms. The minimum Gasteiger partial charge on any atom is -0.282 e. The zero-order chi connectivity index (χ0) is 11.6. The molecule has 1 aromatic carbocycles. The zero-order valence-electron chi connectivity index (χ0n) is 8.24. The Morgan fingerprint density at radius 1 is 1.12 bits per heavy atom. The number of nitrogens with zero attached hydrogens (tertiary/aromatic N) is 1. The predicted octanol–water partition coefficient (Wildman–Crippen LogP) is 2.09. The molecule has 0 aliphatic rings. The highest BCUT2D eigenvalue weighted by Gasteiger charge is 1.98. The summed E-state index contributed by atoms with van der Waals surface area (Å²) in [6.45, 7) is 0. The molecule has 0 saturated heterocycles. The largest absolute Gasteiger partial charge is 0.287 e. The van der Waals surface area contributed by atoms with Gasteiger partial charge < -0.3 is 0 Å². The van der Waals surface area contributed by atoms with E-state index in [1.165, 1.54) is 6.08 Å². The third-order valence-electron chi connectivity index (χ3n) is 2.03. The van der Waals surface area contributed by atoms with Gasteiger partial charge in [0.05, 0.1) is 16.6 Å². The molecule has 0 radical (unpaired) electrons. The van der Waals surface area contributed by atoms with Gasteiger partial charge >= 0.3 is 0 Å². The maximum absolute atomic E-state index is 10.5. The van der Waals surface area contributed by atoms with Crippen LogP contribution in [0, 0.1) is 0 Å². The normalized spacial score (nSPS) is 12.3. The lowest BCUT2D eigenvalue weighted by Crippen LogP contribution is -1.90. The van der Waals surface area contributed by atoms with Crippen LogP contribution in [0.5, 0.6) is 0 Å². The van der Waals surface area contributed by atoms with Gasteiger partial charge in [-0.15, -0.1) is 0 Å². The van der Waals surface area contributed by atoms with E-state index in [1.807, 2.05) is 30.3 Å². The van der Waals surface area contributed by atoms with Crippen molar-refractivity contribution in [1.29, 1.82) is 0 Å². The number of hydrogen-bond acceptors (Lipinski definition) is 3. The van der Waals surface area contributed by atoms with E-state index in [0.29, 0.717) is 11.1 Å². The summed E-state index contributed by atoms with van der Waals surface area (Å²) < 4.78 is 29.6. The summed E-state index contributed by atoms with van der Waals surface area (Å²) in [5.41, 5.74) is 1.26. The Morgan fingerprint density at radius 3 is 2.62 bits per heavy atom. The fourth-order valence-electron chi connectivity index (χ4n) is 1.33. The molecule has 2 aromatic rings. The molecule has 0 fully saturated rings. The number of benzene rings is 1. The summed E-state index contributed by atoms with van der Waals surface area (Å²) in [7, 11) is -4.10. The third kappa shape index (κ3) is 2.65. The Bertz CT molecular complexity index is 647. The molecule has 1 heterocycles. The van der Waals surface area contributed by atoms with Crippen LogP contribution in [0.4, 0.5) is 0 Å². The molecule has 0 aliphatic heterocycles. The van der Waals surface area contributed by atoms with Gasteiger partial charge in [0.1, 0.15) is 0 Å². The zero-order valence-corrected chi connectivity index (χ0v) is 9.05. The lowest BCUT2D eigenvalue weighted by molar-refractivity contribution is 0.494. The smallest absolute Gasteiger partial charge is 0.282 e. The van der Waals surface area contributed by atoms with Crippen molar-refractivity contribution in [3.63, 3.8) is 0 Å². The lowest BCUT2D eigenvalue weighted by atomic mass is 10.2. The average molecular weight is 235 g/mol. The van der Waals surface area contributed by atoms with Crippen LogP contribution in [-0.4, -0.2) is 18.0 Å². The summed E-state index contributed by atoms with van der Waals surface area (Å²) in [4.78, 5) is 4.22. The van der Waals surface area contributed by atoms with Crippen molar-refractivity contribution in [3.8, 4) is 0 Å². The van der Waals surface area contributed by atoms with Gasteiger partial charge in [-0.25, -0.2) is 4.98 Å². The summed E-state index contributed by atoms with van der Waals surface area (Å²) in [6.07, 6.45) is 1.25. The van der Waals surface area contributed by atoms with E-state index in [-0.39, 0.29) is 0 Å². The standard InChI is InChI=1S/C11H9NO3S/c13-16(14,15)8-7-10-6-5-9-3-1-2-4-11(9)12-10/h1-8H,(H,13,14,15)/b8-7+. The molecule has 0 bridgehead atoms. The maximum atomic E-state index is 10.5. The molecule has 0 saturated carbocycles. The van der Waals surface area contributed by atoms with Crippen LogP contribution in [0.25, 0.3) is 17.0 Å². The lowest BCUT2D eigenvalue weighted by Gasteiger charge is -1.97. The van der Waals surface area contributed by atoms with E-state index in [4.69, 9.17) is 4.55 Å². The van der Waals surface area contributed by atoms with Crippen LogP contribution in [0.3, 0.4) is 0 Å². The Kier molecular flexibility index (Phi) is 2.72. The molecule has 0 spiro atoms. The molecule has 0 aliphatic carbocycles. The predicted molar refractivity (Wildman–Crippen MR) is 62.3 cm³/mol. The molecular weight excluding hydrogens is 226 g/mol. The van der Waals surface area contributed by atoms with Gasteiger partial charge in [-0.3, -0.25) is 4.55 Å². The highest BCUT2D eigenvalue weighted by Crippen LogP contribution is 2.12. The van der Waals surface area contributed by atoms with Crippen molar-refractivity contribution in [2.24, 2.45) is 0 Å². The van der Waals surface area contributed by atoms with Crippen molar-refractivity contribution in [2.45, 2.75) is 0 Å². The molecule has 1 N–H and O–H groups in total.